The molecular formula is C27H36Cl2N4O4S2. The molecule has 0 radical (unpaired) electrons. The minimum atomic E-state index is -3.69. The molecule has 3 rings (SSSR count). The van der Waals surface area contributed by atoms with Gasteiger partial charge in [-0.2, -0.15) is 13.1 Å². The molecule has 3 aromatic rings. The largest absolute Gasteiger partial charge is 0.464 e. The molecule has 12 heteroatoms. The van der Waals surface area contributed by atoms with Gasteiger partial charge in [-0.3, -0.25) is 14.5 Å². The number of nitrogens with zero attached hydrogens (tertiary/aromatic N) is 1. The number of benzene rings is 1. The zero-order valence-corrected chi connectivity index (χ0v) is 26.0. The average molecular weight is 616 g/mol. The summed E-state index contributed by atoms with van der Waals surface area (Å²) < 4.78 is 34.8. The molecule has 0 aliphatic carbocycles. The van der Waals surface area contributed by atoms with Crippen LogP contribution in [0.2, 0.25) is 5.02 Å². The topological polar surface area (TPSA) is 123 Å². The number of hydrogen-bond donors (Lipinski definition) is 3. The first-order chi connectivity index (χ1) is 17.7. The van der Waals surface area contributed by atoms with Gasteiger partial charge in [-0.05, 0) is 73.7 Å². The minimum absolute atomic E-state index is 0. The molecule has 0 saturated carbocycles. The van der Waals surface area contributed by atoms with Crippen molar-refractivity contribution in [3.63, 3.8) is 0 Å². The predicted octanol–water partition coefficient (Wildman–Crippen LogP) is 6.01. The third-order valence-corrected chi connectivity index (χ3v) is 8.56. The highest BCUT2D eigenvalue weighted by Crippen LogP contribution is 2.38. The standard InChI is InChI=1S/C27H35ClN4O4S2.ClH/c1-16(2)31-38(34,35)32-21-7-8-22(23(28)13-21)24-11-20(14-37-24)19-9-10-30-25(12-19)27(5,6)15-36-26(33)17(3)18(4)29;/h7-14,16-18,31-32H,15,29H2,1-6H3;1H. The van der Waals surface area contributed by atoms with Crippen LogP contribution >= 0.6 is 35.3 Å². The Bertz CT molecular complexity index is 1390. The summed E-state index contributed by atoms with van der Waals surface area (Å²) in [7, 11) is -3.69. The van der Waals surface area contributed by atoms with Gasteiger partial charge in [0.15, 0.2) is 0 Å². The number of ether oxygens (including phenoxy) is 1. The van der Waals surface area contributed by atoms with Crippen molar-refractivity contribution in [3.05, 3.63) is 58.7 Å². The summed E-state index contributed by atoms with van der Waals surface area (Å²) in [4.78, 5) is 17.8. The lowest BCUT2D eigenvalue weighted by Gasteiger charge is -2.25. The van der Waals surface area contributed by atoms with E-state index in [4.69, 9.17) is 22.1 Å². The Morgan fingerprint density at radius 3 is 2.44 bits per heavy atom. The maximum absolute atomic E-state index is 12.3. The number of aromatic nitrogens is 1. The molecule has 0 saturated heterocycles. The number of rotatable bonds is 11. The monoisotopic (exact) mass is 614 g/mol. The number of halogens is 2. The van der Waals surface area contributed by atoms with Crippen molar-refractivity contribution in [2.24, 2.45) is 11.7 Å². The van der Waals surface area contributed by atoms with Gasteiger partial charge < -0.3 is 10.5 Å². The Balaban J connectivity index is 0.00000533. The Labute approximate surface area is 246 Å². The molecule has 2 unspecified atom stereocenters. The van der Waals surface area contributed by atoms with E-state index >= 15 is 0 Å². The van der Waals surface area contributed by atoms with Gasteiger partial charge >= 0.3 is 5.97 Å². The minimum Gasteiger partial charge on any atom is -0.464 e. The van der Waals surface area contributed by atoms with E-state index in [0.29, 0.717) is 10.7 Å². The molecule has 2 aromatic heterocycles. The summed E-state index contributed by atoms with van der Waals surface area (Å²) in [6.45, 7) is 11.2. The van der Waals surface area contributed by atoms with Crippen LogP contribution in [0.5, 0.6) is 0 Å². The van der Waals surface area contributed by atoms with Gasteiger partial charge in [0.2, 0.25) is 0 Å². The Morgan fingerprint density at radius 2 is 1.82 bits per heavy atom. The van der Waals surface area contributed by atoms with Crippen molar-refractivity contribution in [1.29, 1.82) is 0 Å². The number of thiophene rings is 1. The molecule has 0 aliphatic rings. The number of anilines is 1. The first kappa shape index (κ1) is 33.0. The van der Waals surface area contributed by atoms with Gasteiger partial charge in [0.25, 0.3) is 10.2 Å². The van der Waals surface area contributed by atoms with Crippen molar-refractivity contribution >= 4 is 57.2 Å². The van der Waals surface area contributed by atoms with Crippen LogP contribution in [-0.4, -0.2) is 38.1 Å². The molecule has 1 aromatic carbocycles. The second-order valence-electron chi connectivity index (χ2n) is 10.3. The van der Waals surface area contributed by atoms with Gasteiger partial charge in [-0.1, -0.05) is 32.4 Å². The first-order valence-corrected chi connectivity index (χ1v) is 15.0. The maximum Gasteiger partial charge on any atom is 0.310 e. The summed E-state index contributed by atoms with van der Waals surface area (Å²) in [6.07, 6.45) is 1.75. The van der Waals surface area contributed by atoms with E-state index in [1.165, 1.54) is 11.3 Å². The van der Waals surface area contributed by atoms with Gasteiger partial charge in [-0.15, -0.1) is 23.7 Å². The van der Waals surface area contributed by atoms with Crippen molar-refractivity contribution in [1.82, 2.24) is 9.71 Å². The molecule has 2 atom stereocenters. The Morgan fingerprint density at radius 1 is 1.13 bits per heavy atom. The van der Waals surface area contributed by atoms with Crippen LogP contribution in [0.15, 0.2) is 48.0 Å². The fourth-order valence-electron chi connectivity index (χ4n) is 3.55. The normalized spacial score (nSPS) is 13.5. The summed E-state index contributed by atoms with van der Waals surface area (Å²) in [6, 6.07) is 10.5. The quantitative estimate of drug-likeness (QED) is 0.227. The molecular weight excluding hydrogens is 579 g/mol. The highest BCUT2D eigenvalue weighted by molar-refractivity contribution is 7.90. The van der Waals surface area contributed by atoms with Crippen LogP contribution in [0.4, 0.5) is 5.69 Å². The average Bonchev–Trinajstić information content (AvgIpc) is 3.31. The molecule has 2 heterocycles. The molecule has 4 N–H and O–H groups in total. The van der Waals surface area contributed by atoms with E-state index in [9.17, 15) is 13.2 Å². The third-order valence-electron chi connectivity index (χ3n) is 6.00. The fraction of sp³-hybridized carbons (Fsp3) is 0.407. The van der Waals surface area contributed by atoms with E-state index in [0.717, 1.165) is 27.3 Å². The lowest BCUT2D eigenvalue weighted by atomic mass is 9.88. The second-order valence-corrected chi connectivity index (χ2v) is 13.1. The number of hydrogen-bond acceptors (Lipinski definition) is 7. The lowest BCUT2D eigenvalue weighted by molar-refractivity contribution is -0.150. The summed E-state index contributed by atoms with van der Waals surface area (Å²) in [5.74, 6) is -0.703. The Kier molecular flexibility index (Phi) is 11.4. The van der Waals surface area contributed by atoms with E-state index in [-0.39, 0.29) is 43.0 Å². The number of carbonyl (C=O) groups excluding carboxylic acids is 1. The molecule has 0 aliphatic heterocycles. The fourth-order valence-corrected chi connectivity index (χ4v) is 5.97. The molecule has 39 heavy (non-hydrogen) atoms. The van der Waals surface area contributed by atoms with Crippen LogP contribution in [0.25, 0.3) is 21.6 Å². The van der Waals surface area contributed by atoms with E-state index in [2.05, 4.69) is 14.4 Å². The Hall–Kier alpha value is -2.21. The first-order valence-electron chi connectivity index (χ1n) is 12.3. The number of nitrogens with one attached hydrogen (secondary N) is 2. The zero-order chi connectivity index (χ0) is 28.3. The summed E-state index contributed by atoms with van der Waals surface area (Å²) in [5.41, 5.74) is 9.26. The smallest absolute Gasteiger partial charge is 0.310 e. The molecule has 0 fully saturated rings. The highest BCUT2D eigenvalue weighted by atomic mass is 35.5. The number of carbonyl (C=O) groups is 1. The zero-order valence-electron chi connectivity index (χ0n) is 22.8. The van der Waals surface area contributed by atoms with Crippen LogP contribution < -0.4 is 15.2 Å². The number of nitrogens with two attached hydrogens (primary N) is 1. The second kappa shape index (κ2) is 13.4. The third kappa shape index (κ3) is 8.89. The SMILES string of the molecule is CC(C)NS(=O)(=O)Nc1ccc(-c2cc(-c3ccnc(C(C)(C)COC(=O)C(C)C(C)N)c3)cs2)c(Cl)c1.Cl. The molecule has 0 amide bonds. The van der Waals surface area contributed by atoms with Crippen molar-refractivity contribution < 1.29 is 17.9 Å². The molecule has 8 nitrogen and oxygen atoms in total. The molecule has 0 spiro atoms. The predicted molar refractivity (Wildman–Crippen MR) is 163 cm³/mol. The van der Waals surface area contributed by atoms with E-state index < -0.39 is 15.6 Å². The number of esters is 1. The maximum atomic E-state index is 12.3. The summed E-state index contributed by atoms with van der Waals surface area (Å²) >= 11 is 8.07. The van der Waals surface area contributed by atoms with Crippen LogP contribution in [0.3, 0.4) is 0 Å². The van der Waals surface area contributed by atoms with Gasteiger partial charge in [0, 0.05) is 39.8 Å². The number of pyridine rings is 1. The lowest BCUT2D eigenvalue weighted by Crippen LogP contribution is -2.35. The van der Waals surface area contributed by atoms with Crippen LogP contribution in [0.1, 0.15) is 47.2 Å². The highest BCUT2D eigenvalue weighted by Gasteiger charge is 2.27. The van der Waals surface area contributed by atoms with E-state index in [1.807, 2.05) is 37.4 Å². The van der Waals surface area contributed by atoms with Gasteiger partial charge in [0.1, 0.15) is 6.61 Å². The van der Waals surface area contributed by atoms with Crippen molar-refractivity contribution in [3.8, 4) is 21.6 Å². The van der Waals surface area contributed by atoms with Gasteiger partial charge in [-0.25, -0.2) is 0 Å². The van der Waals surface area contributed by atoms with Crippen molar-refractivity contribution in [2.75, 3.05) is 11.3 Å². The van der Waals surface area contributed by atoms with E-state index in [1.54, 1.807) is 52.1 Å². The van der Waals surface area contributed by atoms with Gasteiger partial charge in [0.05, 0.1) is 16.6 Å². The molecule has 0 bridgehead atoms. The van der Waals surface area contributed by atoms with Crippen LogP contribution in [0, 0.1) is 5.92 Å². The summed E-state index contributed by atoms with van der Waals surface area (Å²) in [5, 5.41) is 2.47. The van der Waals surface area contributed by atoms with Crippen LogP contribution in [-0.2, 0) is 25.2 Å². The molecule has 214 valence electrons. The van der Waals surface area contributed by atoms with Crippen molar-refractivity contribution in [2.45, 2.75) is 59.0 Å².